The topological polar surface area (TPSA) is 42.0 Å². The molecular formula is C20H20N2O. The van der Waals surface area contributed by atoms with Gasteiger partial charge in [0.2, 0.25) is 0 Å². The van der Waals surface area contributed by atoms with Gasteiger partial charge in [-0.2, -0.15) is 0 Å². The second-order valence-corrected chi connectivity index (χ2v) is 6.05. The van der Waals surface area contributed by atoms with Gasteiger partial charge in [0.15, 0.2) is 0 Å². The number of anilines is 1. The Morgan fingerprint density at radius 3 is 2.35 bits per heavy atom. The Morgan fingerprint density at radius 1 is 0.957 bits per heavy atom. The van der Waals surface area contributed by atoms with Crippen LogP contribution >= 0.6 is 0 Å². The quantitative estimate of drug-likeness (QED) is 0.744. The molecule has 1 aromatic heterocycles. The molecule has 1 N–H and O–H groups in total. The first kappa shape index (κ1) is 15.2. The maximum Gasteiger partial charge on any atom is 0.256 e. The Kier molecular flexibility index (Phi) is 3.87. The summed E-state index contributed by atoms with van der Waals surface area (Å²) in [6, 6.07) is 13.8. The van der Waals surface area contributed by atoms with Crippen molar-refractivity contribution in [1.29, 1.82) is 0 Å². The number of aromatic nitrogens is 1. The SMILES string of the molecule is Cc1ccc2nc(C)cc(C(=O)Nc3c(C)cccc3C)c2c1. The van der Waals surface area contributed by atoms with Crippen molar-refractivity contribution in [2.24, 2.45) is 0 Å². The number of para-hydroxylation sites is 1. The Hall–Kier alpha value is -2.68. The molecule has 0 atom stereocenters. The van der Waals surface area contributed by atoms with Crippen LogP contribution in [0.4, 0.5) is 5.69 Å². The van der Waals surface area contributed by atoms with E-state index in [0.29, 0.717) is 5.56 Å². The molecule has 1 heterocycles. The van der Waals surface area contributed by atoms with Crippen molar-refractivity contribution >= 4 is 22.5 Å². The van der Waals surface area contributed by atoms with Crippen LogP contribution in [0.15, 0.2) is 42.5 Å². The van der Waals surface area contributed by atoms with Gasteiger partial charge < -0.3 is 5.32 Å². The normalized spacial score (nSPS) is 10.8. The third kappa shape index (κ3) is 2.95. The van der Waals surface area contributed by atoms with Crippen LogP contribution in [0.25, 0.3) is 10.9 Å². The summed E-state index contributed by atoms with van der Waals surface area (Å²) in [6.45, 7) is 7.94. The molecule has 1 amide bonds. The average Bonchev–Trinajstić information content (AvgIpc) is 2.50. The predicted molar refractivity (Wildman–Crippen MR) is 95.1 cm³/mol. The van der Waals surface area contributed by atoms with Gasteiger partial charge in [-0.25, -0.2) is 0 Å². The van der Waals surface area contributed by atoms with Crippen molar-refractivity contribution in [2.45, 2.75) is 27.7 Å². The van der Waals surface area contributed by atoms with Gasteiger partial charge in [-0.05, 0) is 57.0 Å². The van der Waals surface area contributed by atoms with Crippen molar-refractivity contribution in [2.75, 3.05) is 5.32 Å². The molecule has 0 saturated carbocycles. The number of aryl methyl sites for hydroxylation is 4. The molecule has 0 radical (unpaired) electrons. The summed E-state index contributed by atoms with van der Waals surface area (Å²) in [5.74, 6) is -0.0940. The number of rotatable bonds is 2. The molecule has 3 nitrogen and oxygen atoms in total. The zero-order chi connectivity index (χ0) is 16.6. The molecule has 3 rings (SSSR count). The van der Waals surface area contributed by atoms with E-state index in [1.54, 1.807) is 0 Å². The monoisotopic (exact) mass is 304 g/mol. The van der Waals surface area contributed by atoms with Crippen LogP contribution in [0, 0.1) is 27.7 Å². The zero-order valence-corrected chi connectivity index (χ0v) is 13.9. The first-order valence-electron chi connectivity index (χ1n) is 7.71. The first-order valence-corrected chi connectivity index (χ1v) is 7.71. The van der Waals surface area contributed by atoms with E-state index < -0.39 is 0 Å². The number of pyridine rings is 1. The fraction of sp³-hybridized carbons (Fsp3) is 0.200. The standard InChI is InChI=1S/C20H20N2O/c1-12-8-9-18-16(10-12)17(11-15(4)21-18)20(23)22-19-13(2)6-5-7-14(19)3/h5-11H,1-4H3,(H,22,23). The molecule has 0 aliphatic carbocycles. The van der Waals surface area contributed by atoms with Gasteiger partial charge in [-0.3, -0.25) is 9.78 Å². The van der Waals surface area contributed by atoms with Gasteiger partial charge in [0.25, 0.3) is 5.91 Å². The lowest BCUT2D eigenvalue weighted by Gasteiger charge is -2.13. The lowest BCUT2D eigenvalue weighted by molar-refractivity contribution is 0.102. The summed E-state index contributed by atoms with van der Waals surface area (Å²) >= 11 is 0. The van der Waals surface area contributed by atoms with E-state index >= 15 is 0 Å². The number of carbonyl (C=O) groups is 1. The zero-order valence-electron chi connectivity index (χ0n) is 13.9. The number of hydrogen-bond donors (Lipinski definition) is 1. The van der Waals surface area contributed by atoms with Crippen LogP contribution in [0.1, 0.15) is 32.7 Å². The summed E-state index contributed by atoms with van der Waals surface area (Å²) in [4.78, 5) is 17.4. The van der Waals surface area contributed by atoms with Crippen LogP contribution in [-0.4, -0.2) is 10.9 Å². The van der Waals surface area contributed by atoms with Crippen molar-refractivity contribution < 1.29 is 4.79 Å². The minimum atomic E-state index is -0.0940. The Bertz CT molecular complexity index is 893. The highest BCUT2D eigenvalue weighted by Gasteiger charge is 2.14. The van der Waals surface area contributed by atoms with Gasteiger partial charge in [0.05, 0.1) is 11.1 Å². The highest BCUT2D eigenvalue weighted by Crippen LogP contribution is 2.24. The van der Waals surface area contributed by atoms with Crippen molar-refractivity contribution in [1.82, 2.24) is 4.98 Å². The largest absolute Gasteiger partial charge is 0.321 e. The van der Waals surface area contributed by atoms with Gasteiger partial charge in [-0.15, -0.1) is 0 Å². The molecule has 0 aliphatic heterocycles. The molecule has 0 bridgehead atoms. The van der Waals surface area contributed by atoms with Gasteiger partial charge in [0.1, 0.15) is 0 Å². The molecule has 2 aromatic carbocycles. The molecule has 0 aliphatic rings. The third-order valence-electron chi connectivity index (χ3n) is 4.06. The maximum absolute atomic E-state index is 12.9. The molecule has 0 spiro atoms. The van der Waals surface area contributed by atoms with Crippen LogP contribution in [-0.2, 0) is 0 Å². The lowest BCUT2D eigenvalue weighted by atomic mass is 10.0. The van der Waals surface area contributed by atoms with Crippen molar-refractivity contribution in [3.63, 3.8) is 0 Å². The van der Waals surface area contributed by atoms with Crippen LogP contribution in [0.2, 0.25) is 0 Å². The van der Waals surface area contributed by atoms with Crippen LogP contribution in [0.5, 0.6) is 0 Å². The molecule has 0 saturated heterocycles. The Labute approximate surface area is 136 Å². The van der Waals surface area contributed by atoms with Gasteiger partial charge in [-0.1, -0.05) is 29.8 Å². The fourth-order valence-electron chi connectivity index (χ4n) is 2.85. The molecule has 23 heavy (non-hydrogen) atoms. The second-order valence-electron chi connectivity index (χ2n) is 6.05. The first-order chi connectivity index (χ1) is 11.0. The van der Waals surface area contributed by atoms with E-state index in [1.165, 1.54) is 0 Å². The molecule has 3 heteroatoms. The minimum Gasteiger partial charge on any atom is -0.321 e. The minimum absolute atomic E-state index is 0.0940. The van der Waals surface area contributed by atoms with E-state index in [-0.39, 0.29) is 5.91 Å². The van der Waals surface area contributed by atoms with E-state index in [0.717, 1.165) is 39.0 Å². The van der Waals surface area contributed by atoms with Gasteiger partial charge >= 0.3 is 0 Å². The smallest absolute Gasteiger partial charge is 0.256 e. The molecule has 116 valence electrons. The second kappa shape index (κ2) is 5.84. The number of nitrogens with one attached hydrogen (secondary N) is 1. The van der Waals surface area contributed by atoms with Crippen molar-refractivity contribution in [3.05, 3.63) is 70.4 Å². The van der Waals surface area contributed by atoms with E-state index in [4.69, 9.17) is 0 Å². The predicted octanol–water partition coefficient (Wildman–Crippen LogP) is 4.72. The summed E-state index contributed by atoms with van der Waals surface area (Å²) in [6.07, 6.45) is 0. The fourth-order valence-corrected chi connectivity index (χ4v) is 2.85. The third-order valence-corrected chi connectivity index (χ3v) is 4.06. The number of nitrogens with zero attached hydrogens (tertiary/aromatic N) is 1. The average molecular weight is 304 g/mol. The molecule has 3 aromatic rings. The number of benzene rings is 2. The summed E-state index contributed by atoms with van der Waals surface area (Å²) in [5.41, 5.74) is 6.47. The number of hydrogen-bond acceptors (Lipinski definition) is 2. The van der Waals surface area contributed by atoms with E-state index in [1.807, 2.05) is 70.2 Å². The summed E-state index contributed by atoms with van der Waals surface area (Å²) in [7, 11) is 0. The molecule has 0 unspecified atom stereocenters. The Balaban J connectivity index is 2.09. The maximum atomic E-state index is 12.9. The lowest BCUT2D eigenvalue weighted by Crippen LogP contribution is -2.15. The number of fused-ring (bicyclic) bond motifs is 1. The summed E-state index contributed by atoms with van der Waals surface area (Å²) < 4.78 is 0. The van der Waals surface area contributed by atoms with Gasteiger partial charge in [0, 0.05) is 16.8 Å². The summed E-state index contributed by atoms with van der Waals surface area (Å²) in [5, 5.41) is 3.96. The highest BCUT2D eigenvalue weighted by atomic mass is 16.1. The van der Waals surface area contributed by atoms with E-state index in [9.17, 15) is 4.79 Å². The van der Waals surface area contributed by atoms with Crippen LogP contribution in [0.3, 0.4) is 0 Å². The van der Waals surface area contributed by atoms with Crippen LogP contribution < -0.4 is 5.32 Å². The van der Waals surface area contributed by atoms with E-state index in [2.05, 4.69) is 10.3 Å². The highest BCUT2D eigenvalue weighted by molar-refractivity contribution is 6.13. The molecular weight excluding hydrogens is 284 g/mol. The number of amides is 1. The number of carbonyl (C=O) groups excluding carboxylic acids is 1. The van der Waals surface area contributed by atoms with Crippen molar-refractivity contribution in [3.8, 4) is 0 Å². The Morgan fingerprint density at radius 2 is 1.65 bits per heavy atom. The molecule has 0 fully saturated rings.